The van der Waals surface area contributed by atoms with Crippen LogP contribution in [-0.2, 0) is 0 Å². The van der Waals surface area contributed by atoms with Crippen LogP contribution in [0.3, 0.4) is 0 Å². The number of nitrogens with one attached hydrogen (secondary N) is 1. The Bertz CT molecular complexity index is 393. The highest BCUT2D eigenvalue weighted by Gasteiger charge is 2.20. The van der Waals surface area contributed by atoms with Gasteiger partial charge in [-0.15, -0.1) is 0 Å². The maximum Gasteiger partial charge on any atom is 0.253 e. The highest BCUT2D eigenvalue weighted by atomic mass is 35.5. The van der Waals surface area contributed by atoms with E-state index in [2.05, 4.69) is 10.3 Å². The predicted octanol–water partition coefficient (Wildman–Crippen LogP) is 2.16. The molecule has 1 amide bonds. The maximum absolute atomic E-state index is 13.0. The van der Waals surface area contributed by atoms with Crippen molar-refractivity contribution in [2.24, 2.45) is 0 Å². The van der Waals surface area contributed by atoms with E-state index in [1.807, 2.05) is 0 Å². The van der Waals surface area contributed by atoms with Gasteiger partial charge in [-0.25, -0.2) is 9.37 Å². The van der Waals surface area contributed by atoms with Gasteiger partial charge in [0.05, 0.1) is 5.56 Å². The largest absolute Gasteiger partial charge is 0.349 e. The number of pyridine rings is 1. The molecule has 1 aromatic rings. The third-order valence-electron chi connectivity index (χ3n) is 2.50. The second kappa shape index (κ2) is 4.14. The van der Waals surface area contributed by atoms with Crippen molar-refractivity contribution in [2.45, 2.75) is 25.3 Å². The van der Waals surface area contributed by atoms with Crippen LogP contribution >= 0.6 is 11.6 Å². The van der Waals surface area contributed by atoms with Crippen LogP contribution < -0.4 is 5.32 Å². The van der Waals surface area contributed by atoms with Gasteiger partial charge in [-0.2, -0.15) is 0 Å². The van der Waals surface area contributed by atoms with Crippen molar-refractivity contribution < 1.29 is 9.18 Å². The fraction of sp³-hybridized carbons (Fsp3) is 0.400. The quantitative estimate of drug-likeness (QED) is 0.789. The molecule has 5 heteroatoms. The Kier molecular flexibility index (Phi) is 2.86. The van der Waals surface area contributed by atoms with Crippen molar-refractivity contribution in [3.63, 3.8) is 0 Å². The summed E-state index contributed by atoms with van der Waals surface area (Å²) in [5.74, 6) is -0.958. The lowest BCUT2D eigenvalue weighted by Gasteiger charge is -2.26. The smallest absolute Gasteiger partial charge is 0.253 e. The zero-order valence-corrected chi connectivity index (χ0v) is 8.72. The standard InChI is InChI=1S/C10H10ClFN2O/c11-9-8(12)4-6(5-13-9)10(15)14-7-2-1-3-7/h4-5,7H,1-3H2,(H,14,15). The maximum atomic E-state index is 13.0. The van der Waals surface area contributed by atoms with E-state index in [0.717, 1.165) is 25.3 Å². The highest BCUT2D eigenvalue weighted by Crippen LogP contribution is 2.19. The summed E-state index contributed by atoms with van der Waals surface area (Å²) in [6.07, 6.45) is 4.40. The van der Waals surface area contributed by atoms with Crippen LogP contribution in [0.5, 0.6) is 0 Å². The molecule has 3 nitrogen and oxygen atoms in total. The van der Waals surface area contributed by atoms with Gasteiger partial charge in [0.25, 0.3) is 5.91 Å². The van der Waals surface area contributed by atoms with Gasteiger partial charge in [0.1, 0.15) is 0 Å². The predicted molar refractivity (Wildman–Crippen MR) is 54.3 cm³/mol. The van der Waals surface area contributed by atoms with E-state index in [4.69, 9.17) is 11.6 Å². The molecule has 1 aromatic heterocycles. The first-order valence-electron chi connectivity index (χ1n) is 4.79. The molecule has 0 radical (unpaired) electrons. The summed E-state index contributed by atoms with van der Waals surface area (Å²) in [5, 5.41) is 2.58. The van der Waals surface area contributed by atoms with Crippen LogP contribution in [0.15, 0.2) is 12.3 Å². The summed E-state index contributed by atoms with van der Waals surface area (Å²) in [6, 6.07) is 1.33. The number of amides is 1. The molecule has 0 unspecified atom stereocenters. The number of hydrogen-bond donors (Lipinski definition) is 1. The Hall–Kier alpha value is -1.16. The summed E-state index contributed by atoms with van der Waals surface area (Å²) in [6.45, 7) is 0. The minimum Gasteiger partial charge on any atom is -0.349 e. The van der Waals surface area contributed by atoms with Crippen molar-refractivity contribution >= 4 is 17.5 Å². The Morgan fingerprint density at radius 1 is 1.60 bits per heavy atom. The SMILES string of the molecule is O=C(NC1CCC1)c1cnc(Cl)c(F)c1. The van der Waals surface area contributed by atoms with Gasteiger partial charge in [0, 0.05) is 12.2 Å². The molecule has 80 valence electrons. The molecule has 1 N–H and O–H groups in total. The first-order chi connectivity index (χ1) is 7.16. The first-order valence-corrected chi connectivity index (χ1v) is 5.16. The van der Waals surface area contributed by atoms with Gasteiger partial charge < -0.3 is 5.32 Å². The summed E-state index contributed by atoms with van der Waals surface area (Å²) < 4.78 is 13.0. The minimum absolute atomic E-state index is 0.212. The van der Waals surface area contributed by atoms with Crippen LogP contribution in [0.4, 0.5) is 4.39 Å². The lowest BCUT2D eigenvalue weighted by atomic mass is 9.93. The molecule has 0 spiro atoms. The van der Waals surface area contributed by atoms with Crippen molar-refractivity contribution in [1.29, 1.82) is 0 Å². The van der Waals surface area contributed by atoms with E-state index in [1.54, 1.807) is 0 Å². The fourth-order valence-corrected chi connectivity index (χ4v) is 1.47. The Morgan fingerprint density at radius 2 is 2.33 bits per heavy atom. The normalized spacial score (nSPS) is 15.9. The van der Waals surface area contributed by atoms with Gasteiger partial charge >= 0.3 is 0 Å². The number of hydrogen-bond acceptors (Lipinski definition) is 2. The molecule has 0 atom stereocenters. The molecule has 1 heterocycles. The van der Waals surface area contributed by atoms with Gasteiger partial charge in [0.2, 0.25) is 0 Å². The molecular weight excluding hydrogens is 219 g/mol. The summed E-state index contributed by atoms with van der Waals surface area (Å²) in [5.41, 5.74) is 0.212. The summed E-state index contributed by atoms with van der Waals surface area (Å²) in [4.78, 5) is 15.1. The molecule has 1 fully saturated rings. The Balaban J connectivity index is 2.07. The van der Waals surface area contributed by atoms with Crippen LogP contribution in [-0.4, -0.2) is 16.9 Å². The van der Waals surface area contributed by atoms with Gasteiger partial charge in [-0.05, 0) is 25.3 Å². The van der Waals surface area contributed by atoms with Crippen LogP contribution in [0.2, 0.25) is 5.15 Å². The molecule has 1 aliphatic carbocycles. The Morgan fingerprint density at radius 3 is 2.87 bits per heavy atom. The lowest BCUT2D eigenvalue weighted by Crippen LogP contribution is -2.39. The number of halogens is 2. The van der Waals surface area contributed by atoms with E-state index >= 15 is 0 Å². The first kappa shape index (κ1) is 10.4. The highest BCUT2D eigenvalue weighted by molar-refractivity contribution is 6.29. The number of nitrogens with zero attached hydrogens (tertiary/aromatic N) is 1. The zero-order valence-electron chi connectivity index (χ0n) is 7.96. The van der Waals surface area contributed by atoms with Gasteiger partial charge in [-0.1, -0.05) is 11.6 Å². The molecule has 1 aliphatic rings. The number of carbonyl (C=O) groups is 1. The minimum atomic E-state index is -0.669. The molecule has 0 aromatic carbocycles. The number of carbonyl (C=O) groups excluding carboxylic acids is 1. The van der Waals surface area contributed by atoms with Crippen molar-refractivity contribution in [3.8, 4) is 0 Å². The average Bonchev–Trinajstić information content (AvgIpc) is 2.15. The monoisotopic (exact) mass is 228 g/mol. The second-order valence-electron chi connectivity index (χ2n) is 3.60. The van der Waals surface area contributed by atoms with Crippen molar-refractivity contribution in [3.05, 3.63) is 28.8 Å². The second-order valence-corrected chi connectivity index (χ2v) is 3.96. The van der Waals surface area contributed by atoms with E-state index in [9.17, 15) is 9.18 Å². The third kappa shape index (κ3) is 2.26. The third-order valence-corrected chi connectivity index (χ3v) is 2.78. The molecular formula is C10H10ClFN2O. The zero-order chi connectivity index (χ0) is 10.8. The molecule has 2 rings (SSSR count). The van der Waals surface area contributed by atoms with E-state index in [-0.39, 0.29) is 22.7 Å². The van der Waals surface area contributed by atoms with E-state index in [0.29, 0.717) is 0 Å². The van der Waals surface area contributed by atoms with Crippen LogP contribution in [0, 0.1) is 5.82 Å². The fourth-order valence-electron chi connectivity index (χ4n) is 1.37. The lowest BCUT2D eigenvalue weighted by molar-refractivity contribution is 0.0916. The summed E-state index contributed by atoms with van der Waals surface area (Å²) in [7, 11) is 0. The molecule has 15 heavy (non-hydrogen) atoms. The van der Waals surface area contributed by atoms with Crippen LogP contribution in [0.1, 0.15) is 29.6 Å². The van der Waals surface area contributed by atoms with Crippen molar-refractivity contribution in [1.82, 2.24) is 10.3 Å². The van der Waals surface area contributed by atoms with Crippen molar-refractivity contribution in [2.75, 3.05) is 0 Å². The van der Waals surface area contributed by atoms with E-state index < -0.39 is 5.82 Å². The average molecular weight is 229 g/mol. The molecule has 1 saturated carbocycles. The summed E-state index contributed by atoms with van der Waals surface area (Å²) >= 11 is 5.41. The van der Waals surface area contributed by atoms with Gasteiger partial charge in [0.15, 0.2) is 11.0 Å². The number of aromatic nitrogens is 1. The topological polar surface area (TPSA) is 42.0 Å². The molecule has 0 bridgehead atoms. The van der Waals surface area contributed by atoms with Crippen LogP contribution in [0.25, 0.3) is 0 Å². The molecule has 0 saturated heterocycles. The van der Waals surface area contributed by atoms with Gasteiger partial charge in [-0.3, -0.25) is 4.79 Å². The molecule has 0 aliphatic heterocycles. The number of rotatable bonds is 2. The Labute approximate surface area is 91.7 Å². The van der Waals surface area contributed by atoms with E-state index in [1.165, 1.54) is 6.20 Å².